The second kappa shape index (κ2) is 5.38. The van der Waals surface area contributed by atoms with Crippen LogP contribution in [-0.2, 0) is 6.42 Å². The molecule has 0 bridgehead atoms. The molecule has 1 aromatic carbocycles. The van der Waals surface area contributed by atoms with Crippen molar-refractivity contribution in [3.05, 3.63) is 55.1 Å². The minimum absolute atomic E-state index is 0.417. The molecular formula is C17H17BrClNS. The van der Waals surface area contributed by atoms with E-state index in [1.165, 1.54) is 17.7 Å². The van der Waals surface area contributed by atoms with Crippen LogP contribution >= 0.6 is 38.9 Å². The number of aryl methyl sites for hydroxylation is 1. The van der Waals surface area contributed by atoms with E-state index in [0.29, 0.717) is 12.0 Å². The van der Waals surface area contributed by atoms with Gasteiger partial charge in [-0.2, -0.15) is 0 Å². The Hall–Kier alpha value is -0.350. The van der Waals surface area contributed by atoms with Crippen molar-refractivity contribution in [2.45, 2.75) is 24.8 Å². The highest BCUT2D eigenvalue weighted by molar-refractivity contribution is 9.10. The summed E-state index contributed by atoms with van der Waals surface area (Å²) in [5, 5.41) is 3.54. The molecule has 4 atom stereocenters. The van der Waals surface area contributed by atoms with Crippen LogP contribution in [0.15, 0.2) is 34.8 Å². The van der Waals surface area contributed by atoms with Gasteiger partial charge in [-0.3, -0.25) is 0 Å². The van der Waals surface area contributed by atoms with E-state index in [2.05, 4.69) is 58.6 Å². The van der Waals surface area contributed by atoms with Crippen LogP contribution in [0.25, 0.3) is 0 Å². The van der Waals surface area contributed by atoms with E-state index in [9.17, 15) is 0 Å². The topological polar surface area (TPSA) is 12.0 Å². The van der Waals surface area contributed by atoms with Crippen LogP contribution in [0.1, 0.15) is 34.4 Å². The molecule has 2 aliphatic rings. The molecule has 110 valence electrons. The first-order valence-corrected chi connectivity index (χ1v) is 9.39. The minimum Gasteiger partial charge on any atom is -0.312 e. The largest absolute Gasteiger partial charge is 0.312 e. The number of fused-ring (bicyclic) bond motifs is 3. The number of rotatable bonds is 3. The van der Waals surface area contributed by atoms with Crippen molar-refractivity contribution < 1.29 is 0 Å². The molecule has 0 spiro atoms. The highest BCUT2D eigenvalue weighted by Crippen LogP contribution is 2.64. The monoisotopic (exact) mass is 381 g/mol. The van der Waals surface area contributed by atoms with E-state index in [1.54, 1.807) is 22.5 Å². The molecule has 21 heavy (non-hydrogen) atoms. The van der Waals surface area contributed by atoms with E-state index < -0.39 is 0 Å². The molecule has 0 amide bonds. The number of hydrogen-bond acceptors (Lipinski definition) is 2. The van der Waals surface area contributed by atoms with Crippen molar-refractivity contribution in [1.29, 1.82) is 0 Å². The first-order valence-electron chi connectivity index (χ1n) is 7.40. The quantitative estimate of drug-likeness (QED) is 0.749. The number of benzene rings is 1. The smallest absolute Gasteiger partial charge is 0.107 e. The molecule has 4 rings (SSSR count). The first-order chi connectivity index (χ1) is 10.2. The van der Waals surface area contributed by atoms with Crippen LogP contribution in [0, 0.1) is 11.8 Å². The Morgan fingerprint density at radius 3 is 2.90 bits per heavy atom. The molecule has 0 radical (unpaired) electrons. The molecule has 2 aromatic rings. The zero-order valence-electron chi connectivity index (χ0n) is 11.8. The van der Waals surface area contributed by atoms with Gasteiger partial charge in [-0.1, -0.05) is 35.9 Å². The third-order valence-corrected chi connectivity index (χ3v) is 7.62. The van der Waals surface area contributed by atoms with Crippen LogP contribution in [-0.4, -0.2) is 7.05 Å². The van der Waals surface area contributed by atoms with Gasteiger partial charge in [0.05, 0.1) is 0 Å². The maximum Gasteiger partial charge on any atom is 0.107 e. The lowest BCUT2D eigenvalue weighted by Crippen LogP contribution is -2.18. The Kier molecular flexibility index (Phi) is 3.65. The van der Waals surface area contributed by atoms with E-state index >= 15 is 0 Å². The van der Waals surface area contributed by atoms with Crippen LogP contribution in [0.4, 0.5) is 0 Å². The lowest BCUT2D eigenvalue weighted by molar-refractivity contribution is 0.491. The molecule has 1 N–H and O–H groups in total. The Labute approximate surface area is 142 Å². The summed E-state index contributed by atoms with van der Waals surface area (Å²) in [5.74, 6) is 2.27. The third-order valence-electron chi connectivity index (χ3n) is 5.06. The zero-order valence-corrected chi connectivity index (χ0v) is 14.9. The van der Waals surface area contributed by atoms with Crippen molar-refractivity contribution in [3.8, 4) is 0 Å². The molecule has 1 heterocycles. The van der Waals surface area contributed by atoms with Crippen LogP contribution in [0.3, 0.4) is 0 Å². The molecule has 1 fully saturated rings. The molecule has 0 saturated heterocycles. The summed E-state index contributed by atoms with van der Waals surface area (Å²) in [6.45, 7) is 0. The number of hydrogen-bond donors (Lipinski definition) is 1. The summed E-state index contributed by atoms with van der Waals surface area (Å²) < 4.78 is 1.88. The van der Waals surface area contributed by atoms with Crippen LogP contribution in [0.5, 0.6) is 0 Å². The molecule has 2 aliphatic carbocycles. The fraction of sp³-hybridized carbons (Fsp3) is 0.412. The number of halogens is 2. The lowest BCUT2D eigenvalue weighted by Gasteiger charge is -2.15. The Morgan fingerprint density at radius 1 is 1.38 bits per heavy atom. The van der Waals surface area contributed by atoms with Crippen LogP contribution < -0.4 is 5.32 Å². The molecular weight excluding hydrogens is 366 g/mol. The van der Waals surface area contributed by atoms with Gasteiger partial charge in [0, 0.05) is 15.4 Å². The zero-order chi connectivity index (χ0) is 14.6. The number of thiophene rings is 1. The number of nitrogens with one attached hydrogen (secondary N) is 1. The van der Waals surface area contributed by atoms with E-state index in [0.717, 1.165) is 20.6 Å². The van der Waals surface area contributed by atoms with Gasteiger partial charge >= 0.3 is 0 Å². The summed E-state index contributed by atoms with van der Waals surface area (Å²) in [6, 6.07) is 11.6. The van der Waals surface area contributed by atoms with Gasteiger partial charge < -0.3 is 5.32 Å². The van der Waals surface area contributed by atoms with E-state index in [-0.39, 0.29) is 0 Å². The molecule has 1 aromatic heterocycles. The van der Waals surface area contributed by atoms with Gasteiger partial charge in [-0.15, -0.1) is 11.3 Å². The SMILES string of the molecule is CNC(c1cc(Br)c(Cl)s1)C1C2CCc3ccccc3C21. The Morgan fingerprint density at radius 2 is 2.19 bits per heavy atom. The fourth-order valence-electron chi connectivity index (χ4n) is 4.12. The highest BCUT2D eigenvalue weighted by Gasteiger charge is 2.56. The van der Waals surface area contributed by atoms with Crippen LogP contribution in [0.2, 0.25) is 4.34 Å². The second-order valence-corrected chi connectivity index (χ2v) is 8.58. The van der Waals surface area contributed by atoms with Crippen molar-refractivity contribution in [3.63, 3.8) is 0 Å². The molecule has 4 heteroatoms. The minimum atomic E-state index is 0.417. The second-order valence-electron chi connectivity index (χ2n) is 6.04. The highest BCUT2D eigenvalue weighted by atomic mass is 79.9. The van der Waals surface area contributed by atoms with Gasteiger partial charge in [0.2, 0.25) is 0 Å². The molecule has 4 unspecified atom stereocenters. The van der Waals surface area contributed by atoms with Crippen molar-refractivity contribution in [1.82, 2.24) is 5.32 Å². The molecule has 1 saturated carbocycles. The summed E-state index contributed by atoms with van der Waals surface area (Å²) in [6.07, 6.45) is 2.56. The predicted molar refractivity (Wildman–Crippen MR) is 93.3 cm³/mol. The normalized spacial score (nSPS) is 27.9. The standard InChI is InChI=1S/C17H17BrClNS/c1-20-16(13-8-12(18)17(19)21-13)15-11-7-6-9-4-2-3-5-10(9)14(11)15/h2-5,8,11,14-16,20H,6-7H2,1H3. The fourth-order valence-corrected chi connectivity index (χ4v) is 6.02. The average Bonchev–Trinajstić information content (AvgIpc) is 3.13. The summed E-state index contributed by atoms with van der Waals surface area (Å²) in [7, 11) is 2.07. The van der Waals surface area contributed by atoms with Crippen molar-refractivity contribution in [2.24, 2.45) is 11.8 Å². The third kappa shape index (κ3) is 2.29. The average molecular weight is 383 g/mol. The maximum absolute atomic E-state index is 6.23. The summed E-state index contributed by atoms with van der Waals surface area (Å²) >= 11 is 11.5. The summed E-state index contributed by atoms with van der Waals surface area (Å²) in [5.41, 5.74) is 3.14. The predicted octanol–water partition coefficient (Wildman–Crippen LogP) is 5.40. The van der Waals surface area contributed by atoms with Gasteiger partial charge in [0.1, 0.15) is 4.34 Å². The maximum atomic E-state index is 6.23. The molecule has 0 aliphatic heterocycles. The van der Waals surface area contributed by atoms with Gasteiger partial charge in [0.25, 0.3) is 0 Å². The lowest BCUT2D eigenvalue weighted by atomic mass is 9.92. The Bertz CT molecular complexity index is 664. The molecule has 1 nitrogen and oxygen atoms in total. The van der Waals surface area contributed by atoms with E-state index in [4.69, 9.17) is 11.6 Å². The Balaban J connectivity index is 1.66. The van der Waals surface area contributed by atoms with Gasteiger partial charge in [-0.25, -0.2) is 0 Å². The van der Waals surface area contributed by atoms with Crippen molar-refractivity contribution in [2.75, 3.05) is 7.05 Å². The first kappa shape index (κ1) is 14.3. The summed E-state index contributed by atoms with van der Waals surface area (Å²) in [4.78, 5) is 1.35. The van der Waals surface area contributed by atoms with Gasteiger partial charge in [-0.05, 0) is 70.8 Å². The van der Waals surface area contributed by atoms with E-state index in [1.807, 2.05) is 0 Å². The van der Waals surface area contributed by atoms with Gasteiger partial charge in [0.15, 0.2) is 0 Å². The van der Waals surface area contributed by atoms with Crippen molar-refractivity contribution >= 4 is 38.9 Å².